The van der Waals surface area contributed by atoms with Crippen molar-refractivity contribution in [1.29, 1.82) is 0 Å². The van der Waals surface area contributed by atoms with E-state index >= 15 is 0 Å². The van der Waals surface area contributed by atoms with Gasteiger partial charge in [0.25, 0.3) is 5.56 Å². The highest BCUT2D eigenvalue weighted by Crippen LogP contribution is 2.10. The van der Waals surface area contributed by atoms with Crippen LogP contribution in [0.4, 0.5) is 0 Å². The molecule has 2 aromatic heterocycles. The van der Waals surface area contributed by atoms with Gasteiger partial charge in [-0.3, -0.25) is 19.6 Å². The standard InChI is InChI=1S/C10H11N3O2/c14-6-5-13-10(15)7-9(12-13)8-3-1-2-4-11-8/h1-4,7,12,14H,5-6H2. The molecule has 0 radical (unpaired) electrons. The van der Waals surface area contributed by atoms with Crippen LogP contribution in [0, 0.1) is 0 Å². The van der Waals surface area contributed by atoms with E-state index < -0.39 is 0 Å². The second kappa shape index (κ2) is 4.10. The highest BCUT2D eigenvalue weighted by molar-refractivity contribution is 5.52. The molecule has 0 unspecified atom stereocenters. The average molecular weight is 205 g/mol. The van der Waals surface area contributed by atoms with Gasteiger partial charge in [0, 0.05) is 12.3 Å². The number of nitrogens with one attached hydrogen (secondary N) is 1. The lowest BCUT2D eigenvalue weighted by atomic mass is 10.3. The molecule has 2 heterocycles. The van der Waals surface area contributed by atoms with Crippen LogP contribution in [0.15, 0.2) is 35.3 Å². The maximum Gasteiger partial charge on any atom is 0.267 e. The van der Waals surface area contributed by atoms with Gasteiger partial charge in [0.15, 0.2) is 0 Å². The minimum Gasteiger partial charge on any atom is -0.394 e. The summed E-state index contributed by atoms with van der Waals surface area (Å²) in [6, 6.07) is 6.95. The van der Waals surface area contributed by atoms with E-state index in [1.54, 1.807) is 6.20 Å². The van der Waals surface area contributed by atoms with Gasteiger partial charge in [0.05, 0.1) is 24.5 Å². The van der Waals surface area contributed by atoms with E-state index in [2.05, 4.69) is 10.1 Å². The summed E-state index contributed by atoms with van der Waals surface area (Å²) in [6.45, 7) is 0.202. The third-order valence-electron chi connectivity index (χ3n) is 2.05. The summed E-state index contributed by atoms with van der Waals surface area (Å²) >= 11 is 0. The molecule has 2 aromatic rings. The Balaban J connectivity index is 2.39. The fourth-order valence-electron chi connectivity index (χ4n) is 1.35. The predicted molar refractivity (Wildman–Crippen MR) is 55.4 cm³/mol. The average Bonchev–Trinajstić information content (AvgIpc) is 2.63. The Hall–Kier alpha value is -1.88. The number of aliphatic hydroxyl groups is 1. The van der Waals surface area contributed by atoms with Crippen LogP contribution in [0.2, 0.25) is 0 Å². The van der Waals surface area contributed by atoms with E-state index in [1.807, 2.05) is 18.2 Å². The van der Waals surface area contributed by atoms with Crippen LogP contribution in [0.5, 0.6) is 0 Å². The summed E-state index contributed by atoms with van der Waals surface area (Å²) in [6.07, 6.45) is 1.66. The van der Waals surface area contributed by atoms with Crippen molar-refractivity contribution in [3.63, 3.8) is 0 Å². The number of aliphatic hydroxyl groups excluding tert-OH is 1. The third-order valence-corrected chi connectivity index (χ3v) is 2.05. The summed E-state index contributed by atoms with van der Waals surface area (Å²) in [7, 11) is 0. The molecule has 0 aliphatic carbocycles. The van der Waals surface area contributed by atoms with Crippen LogP contribution < -0.4 is 5.56 Å². The number of aromatic amines is 1. The molecule has 0 aliphatic heterocycles. The molecular weight excluding hydrogens is 194 g/mol. The molecule has 0 bridgehead atoms. The molecule has 5 nitrogen and oxygen atoms in total. The van der Waals surface area contributed by atoms with Gasteiger partial charge in [0.2, 0.25) is 0 Å². The number of aromatic nitrogens is 3. The Morgan fingerprint density at radius 2 is 2.33 bits per heavy atom. The number of hydrogen-bond donors (Lipinski definition) is 2. The molecule has 2 rings (SSSR count). The van der Waals surface area contributed by atoms with E-state index in [0.717, 1.165) is 0 Å². The van der Waals surface area contributed by atoms with Gasteiger partial charge >= 0.3 is 0 Å². The summed E-state index contributed by atoms with van der Waals surface area (Å²) < 4.78 is 1.35. The molecule has 0 saturated heterocycles. The SMILES string of the molecule is O=c1cc(-c2ccccn2)[nH]n1CCO. The Morgan fingerprint density at radius 3 is 3.00 bits per heavy atom. The van der Waals surface area contributed by atoms with Crippen LogP contribution in [-0.2, 0) is 6.54 Å². The minimum absolute atomic E-state index is 0.0674. The van der Waals surface area contributed by atoms with Gasteiger partial charge in [-0.25, -0.2) is 0 Å². The van der Waals surface area contributed by atoms with Gasteiger partial charge in [-0.15, -0.1) is 0 Å². The summed E-state index contributed by atoms with van der Waals surface area (Å²) in [5, 5.41) is 11.6. The Bertz CT molecular complexity index is 487. The fourth-order valence-corrected chi connectivity index (χ4v) is 1.35. The fraction of sp³-hybridized carbons (Fsp3) is 0.200. The number of rotatable bonds is 3. The Kier molecular flexibility index (Phi) is 2.64. The first kappa shape index (κ1) is 9.67. The zero-order chi connectivity index (χ0) is 10.7. The largest absolute Gasteiger partial charge is 0.394 e. The maximum absolute atomic E-state index is 11.4. The van der Waals surface area contributed by atoms with Crippen molar-refractivity contribution in [1.82, 2.24) is 14.8 Å². The van der Waals surface area contributed by atoms with Crippen molar-refractivity contribution in [2.24, 2.45) is 0 Å². The van der Waals surface area contributed by atoms with Crippen molar-refractivity contribution in [2.75, 3.05) is 6.61 Å². The topological polar surface area (TPSA) is 70.9 Å². The third kappa shape index (κ3) is 1.97. The van der Waals surface area contributed by atoms with Crippen LogP contribution >= 0.6 is 0 Å². The highest BCUT2D eigenvalue weighted by Gasteiger charge is 2.04. The molecule has 0 aliphatic rings. The summed E-state index contributed by atoms with van der Waals surface area (Å²) in [5.41, 5.74) is 1.21. The molecule has 0 aromatic carbocycles. The molecule has 5 heteroatoms. The van der Waals surface area contributed by atoms with Crippen molar-refractivity contribution >= 4 is 0 Å². The number of pyridine rings is 1. The lowest BCUT2D eigenvalue weighted by Gasteiger charge is -1.98. The predicted octanol–water partition coefficient (Wildman–Crippen LogP) is 0.231. The molecule has 0 amide bonds. The second-order valence-corrected chi connectivity index (χ2v) is 3.10. The van der Waals surface area contributed by atoms with Crippen molar-refractivity contribution in [2.45, 2.75) is 6.54 Å². The molecule has 0 atom stereocenters. The van der Waals surface area contributed by atoms with Crippen LogP contribution in [0.1, 0.15) is 0 Å². The van der Waals surface area contributed by atoms with Gasteiger partial charge in [-0.05, 0) is 12.1 Å². The molecule has 0 fully saturated rings. The summed E-state index contributed by atoms with van der Waals surface area (Å²) in [4.78, 5) is 15.5. The number of hydrogen-bond acceptors (Lipinski definition) is 3. The molecule has 0 saturated carbocycles. The zero-order valence-corrected chi connectivity index (χ0v) is 8.05. The van der Waals surface area contributed by atoms with Gasteiger partial charge in [-0.1, -0.05) is 6.07 Å². The van der Waals surface area contributed by atoms with E-state index in [4.69, 9.17) is 5.11 Å². The van der Waals surface area contributed by atoms with E-state index in [9.17, 15) is 4.79 Å². The molecule has 78 valence electrons. The lowest BCUT2D eigenvalue weighted by Crippen LogP contribution is -2.17. The molecule has 15 heavy (non-hydrogen) atoms. The monoisotopic (exact) mass is 205 g/mol. The van der Waals surface area contributed by atoms with Crippen molar-refractivity contribution in [3.8, 4) is 11.4 Å². The van der Waals surface area contributed by atoms with Crippen molar-refractivity contribution < 1.29 is 5.11 Å². The van der Waals surface area contributed by atoms with Gasteiger partial charge in [0.1, 0.15) is 0 Å². The quantitative estimate of drug-likeness (QED) is 0.753. The Morgan fingerprint density at radius 1 is 1.47 bits per heavy atom. The smallest absolute Gasteiger partial charge is 0.267 e. The first-order valence-corrected chi connectivity index (χ1v) is 4.63. The van der Waals surface area contributed by atoms with Crippen LogP contribution in [-0.4, -0.2) is 26.5 Å². The first-order valence-electron chi connectivity index (χ1n) is 4.63. The normalized spacial score (nSPS) is 10.5. The number of H-pyrrole nitrogens is 1. The summed E-state index contributed by atoms with van der Waals surface area (Å²) in [5.74, 6) is 0. The molecule has 0 spiro atoms. The maximum atomic E-state index is 11.4. The minimum atomic E-state index is -0.162. The highest BCUT2D eigenvalue weighted by atomic mass is 16.3. The zero-order valence-electron chi connectivity index (χ0n) is 8.05. The lowest BCUT2D eigenvalue weighted by molar-refractivity contribution is 0.267. The van der Waals surface area contributed by atoms with E-state index in [1.165, 1.54) is 10.7 Å². The molecular formula is C10H11N3O2. The van der Waals surface area contributed by atoms with E-state index in [-0.39, 0.29) is 18.7 Å². The van der Waals surface area contributed by atoms with Gasteiger partial charge < -0.3 is 5.11 Å². The van der Waals surface area contributed by atoms with E-state index in [0.29, 0.717) is 11.4 Å². The van der Waals surface area contributed by atoms with Crippen LogP contribution in [0.25, 0.3) is 11.4 Å². The van der Waals surface area contributed by atoms with Crippen molar-refractivity contribution in [3.05, 3.63) is 40.8 Å². The second-order valence-electron chi connectivity index (χ2n) is 3.10. The van der Waals surface area contributed by atoms with Crippen LogP contribution in [0.3, 0.4) is 0 Å². The van der Waals surface area contributed by atoms with Gasteiger partial charge in [-0.2, -0.15) is 0 Å². The number of nitrogens with zero attached hydrogens (tertiary/aromatic N) is 2. The Labute approximate surface area is 86.0 Å². The first-order chi connectivity index (χ1) is 7.31. The molecule has 2 N–H and O–H groups in total.